The van der Waals surface area contributed by atoms with Gasteiger partial charge in [-0.15, -0.1) is 11.3 Å². The number of nitrogens with two attached hydrogens (primary N) is 1. The average Bonchev–Trinajstić information content (AvgIpc) is 3.22. The van der Waals surface area contributed by atoms with Crippen molar-refractivity contribution >= 4 is 23.1 Å². The Morgan fingerprint density at radius 1 is 1.42 bits per heavy atom. The van der Waals surface area contributed by atoms with Crippen molar-refractivity contribution < 1.29 is 9.53 Å². The Balaban J connectivity index is 1.91. The van der Waals surface area contributed by atoms with Crippen LogP contribution in [0.2, 0.25) is 0 Å². The molecule has 0 spiro atoms. The van der Waals surface area contributed by atoms with E-state index in [2.05, 4.69) is 16.2 Å². The zero-order valence-electron chi connectivity index (χ0n) is 12.8. The molecule has 8 heteroatoms. The normalized spacial score (nSPS) is 10.3. The van der Waals surface area contributed by atoms with Crippen molar-refractivity contribution in [3.8, 4) is 22.5 Å². The molecule has 24 heavy (non-hydrogen) atoms. The zero-order valence-corrected chi connectivity index (χ0v) is 13.6. The molecule has 0 aliphatic heterocycles. The van der Waals surface area contributed by atoms with Crippen LogP contribution >= 0.6 is 11.3 Å². The number of ether oxygens (including phenoxy) is 1. The Labute approximate surface area is 141 Å². The maximum atomic E-state index is 11.7. The molecule has 0 bridgehead atoms. The van der Waals surface area contributed by atoms with E-state index in [0.29, 0.717) is 28.8 Å². The summed E-state index contributed by atoms with van der Waals surface area (Å²) in [5.41, 5.74) is 8.30. The van der Waals surface area contributed by atoms with Gasteiger partial charge in [-0.3, -0.25) is 0 Å². The lowest BCUT2D eigenvalue weighted by Gasteiger charge is -1.99. The van der Waals surface area contributed by atoms with Gasteiger partial charge in [0, 0.05) is 17.0 Å². The molecule has 0 saturated heterocycles. The number of nitrogen functional groups attached to an aromatic ring is 1. The summed E-state index contributed by atoms with van der Waals surface area (Å²) in [6, 6.07) is 10.8. The van der Waals surface area contributed by atoms with E-state index in [1.807, 2.05) is 0 Å². The molecule has 0 atom stereocenters. The number of rotatable bonds is 4. The van der Waals surface area contributed by atoms with Crippen molar-refractivity contribution in [2.45, 2.75) is 6.92 Å². The molecule has 0 fully saturated rings. The first-order chi connectivity index (χ1) is 11.6. The summed E-state index contributed by atoms with van der Waals surface area (Å²) in [5.74, 6) is -0.0721. The number of thiazole rings is 1. The Hall–Kier alpha value is -3.18. The smallest absolute Gasteiger partial charge is 0.357 e. The maximum absolute atomic E-state index is 11.7. The largest absolute Gasteiger partial charge is 0.461 e. The van der Waals surface area contributed by atoms with Gasteiger partial charge in [0.25, 0.3) is 0 Å². The van der Waals surface area contributed by atoms with E-state index in [1.165, 1.54) is 16.0 Å². The standard InChI is InChI=1S/C16H13N5O2S/c1-2-23-15(22)13-9-24-16(19-13)21-14(18)7-12(20-21)11-5-3-10(8-17)4-6-11/h3-7,9H,2,18H2,1H3. The molecule has 2 heterocycles. The fourth-order valence-corrected chi connectivity index (χ4v) is 2.83. The Morgan fingerprint density at radius 3 is 2.83 bits per heavy atom. The van der Waals surface area contributed by atoms with E-state index in [0.717, 1.165) is 5.56 Å². The van der Waals surface area contributed by atoms with Crippen LogP contribution in [0.1, 0.15) is 23.0 Å². The van der Waals surface area contributed by atoms with E-state index < -0.39 is 5.97 Å². The highest BCUT2D eigenvalue weighted by molar-refractivity contribution is 7.12. The van der Waals surface area contributed by atoms with Crippen LogP contribution in [-0.2, 0) is 4.74 Å². The number of carbonyl (C=O) groups is 1. The molecule has 0 aliphatic carbocycles. The number of benzene rings is 1. The Morgan fingerprint density at radius 2 is 2.17 bits per heavy atom. The third kappa shape index (κ3) is 2.98. The average molecular weight is 339 g/mol. The number of carbonyl (C=O) groups excluding carboxylic acids is 1. The first kappa shape index (κ1) is 15.7. The van der Waals surface area contributed by atoms with Gasteiger partial charge in [0.1, 0.15) is 5.82 Å². The minimum absolute atomic E-state index is 0.228. The second kappa shape index (κ2) is 6.52. The topological polar surface area (TPSA) is 107 Å². The Bertz CT molecular complexity index is 921. The van der Waals surface area contributed by atoms with Gasteiger partial charge in [-0.25, -0.2) is 9.78 Å². The third-order valence-corrected chi connectivity index (χ3v) is 4.02. The second-order valence-electron chi connectivity index (χ2n) is 4.79. The number of nitrogens with zero attached hydrogens (tertiary/aromatic N) is 4. The molecular formula is C16H13N5O2S. The van der Waals surface area contributed by atoms with Crippen molar-refractivity contribution in [2.24, 2.45) is 0 Å². The summed E-state index contributed by atoms with van der Waals surface area (Å²) in [6.07, 6.45) is 0. The fraction of sp³-hybridized carbons (Fsp3) is 0.125. The molecule has 2 aromatic heterocycles. The summed E-state index contributed by atoms with van der Waals surface area (Å²) in [7, 11) is 0. The zero-order chi connectivity index (χ0) is 17.1. The molecule has 0 radical (unpaired) electrons. The number of nitriles is 1. The van der Waals surface area contributed by atoms with E-state index in [9.17, 15) is 4.79 Å². The summed E-state index contributed by atoms with van der Waals surface area (Å²) in [6.45, 7) is 2.03. The lowest BCUT2D eigenvalue weighted by atomic mass is 10.1. The van der Waals surface area contributed by atoms with Gasteiger partial charge in [-0.2, -0.15) is 15.0 Å². The summed E-state index contributed by atoms with van der Waals surface area (Å²) in [4.78, 5) is 15.9. The molecule has 0 saturated carbocycles. The van der Waals surface area contributed by atoms with E-state index in [-0.39, 0.29) is 5.69 Å². The van der Waals surface area contributed by atoms with Gasteiger partial charge in [0.05, 0.1) is 23.9 Å². The molecular weight excluding hydrogens is 326 g/mol. The third-order valence-electron chi connectivity index (χ3n) is 3.20. The van der Waals surface area contributed by atoms with E-state index in [4.69, 9.17) is 15.7 Å². The molecule has 7 nitrogen and oxygen atoms in total. The second-order valence-corrected chi connectivity index (χ2v) is 5.63. The molecule has 1 aromatic carbocycles. The lowest BCUT2D eigenvalue weighted by Crippen LogP contribution is -2.06. The highest BCUT2D eigenvalue weighted by Crippen LogP contribution is 2.25. The van der Waals surface area contributed by atoms with Crippen LogP contribution in [0.15, 0.2) is 35.7 Å². The first-order valence-electron chi connectivity index (χ1n) is 7.11. The molecule has 3 rings (SSSR count). The summed E-state index contributed by atoms with van der Waals surface area (Å²) >= 11 is 1.25. The van der Waals surface area contributed by atoms with Gasteiger partial charge in [0.2, 0.25) is 5.13 Å². The van der Waals surface area contributed by atoms with E-state index >= 15 is 0 Å². The number of aromatic nitrogens is 3. The van der Waals surface area contributed by atoms with Gasteiger partial charge < -0.3 is 10.5 Å². The number of hydrogen-bond donors (Lipinski definition) is 1. The molecule has 120 valence electrons. The fourth-order valence-electron chi connectivity index (χ4n) is 2.07. The van der Waals surface area contributed by atoms with Crippen molar-refractivity contribution in [3.63, 3.8) is 0 Å². The molecule has 2 N–H and O–H groups in total. The van der Waals surface area contributed by atoms with Crippen molar-refractivity contribution in [1.29, 1.82) is 5.26 Å². The number of hydrogen-bond acceptors (Lipinski definition) is 7. The van der Waals surface area contributed by atoms with Crippen LogP contribution in [0.5, 0.6) is 0 Å². The van der Waals surface area contributed by atoms with Gasteiger partial charge >= 0.3 is 5.97 Å². The molecule has 0 amide bonds. The Kier molecular flexibility index (Phi) is 4.26. The highest BCUT2D eigenvalue weighted by atomic mass is 32.1. The maximum Gasteiger partial charge on any atom is 0.357 e. The number of esters is 1. The van der Waals surface area contributed by atoms with Crippen LogP contribution in [0.4, 0.5) is 5.82 Å². The molecule has 0 aliphatic rings. The monoisotopic (exact) mass is 339 g/mol. The summed E-state index contributed by atoms with van der Waals surface area (Å²) < 4.78 is 6.39. The lowest BCUT2D eigenvalue weighted by molar-refractivity contribution is 0.0520. The van der Waals surface area contributed by atoms with Gasteiger partial charge in [-0.05, 0) is 19.1 Å². The van der Waals surface area contributed by atoms with Crippen molar-refractivity contribution in [1.82, 2.24) is 14.8 Å². The predicted molar refractivity (Wildman–Crippen MR) is 89.8 cm³/mol. The van der Waals surface area contributed by atoms with E-state index in [1.54, 1.807) is 42.6 Å². The quantitative estimate of drug-likeness (QED) is 0.732. The van der Waals surface area contributed by atoms with Gasteiger partial charge in [0.15, 0.2) is 5.69 Å². The highest BCUT2D eigenvalue weighted by Gasteiger charge is 2.16. The van der Waals surface area contributed by atoms with Crippen LogP contribution < -0.4 is 5.73 Å². The van der Waals surface area contributed by atoms with Crippen LogP contribution in [0.25, 0.3) is 16.4 Å². The van der Waals surface area contributed by atoms with Crippen LogP contribution in [-0.4, -0.2) is 27.3 Å². The van der Waals surface area contributed by atoms with Crippen LogP contribution in [0.3, 0.4) is 0 Å². The molecule has 3 aromatic rings. The van der Waals surface area contributed by atoms with Crippen LogP contribution in [0, 0.1) is 11.3 Å². The van der Waals surface area contributed by atoms with Crippen molar-refractivity contribution in [2.75, 3.05) is 12.3 Å². The minimum atomic E-state index is -0.474. The SMILES string of the molecule is CCOC(=O)c1csc(-n2nc(-c3ccc(C#N)cc3)cc2N)n1. The minimum Gasteiger partial charge on any atom is -0.461 e. The first-order valence-corrected chi connectivity index (χ1v) is 7.99. The van der Waals surface area contributed by atoms with Crippen molar-refractivity contribution in [3.05, 3.63) is 47.0 Å². The summed E-state index contributed by atoms with van der Waals surface area (Å²) in [5, 5.41) is 15.4. The predicted octanol–water partition coefficient (Wildman–Crippen LogP) is 2.63. The number of anilines is 1. The molecule has 0 unspecified atom stereocenters. The van der Waals surface area contributed by atoms with Gasteiger partial charge in [-0.1, -0.05) is 12.1 Å².